The topological polar surface area (TPSA) is 135 Å². The number of hydrazine groups is 1. The van der Waals surface area contributed by atoms with Crippen molar-refractivity contribution in [1.29, 1.82) is 0 Å². The molecule has 1 aromatic carbocycles. The quantitative estimate of drug-likeness (QED) is 0.439. The highest BCUT2D eigenvalue weighted by Gasteiger charge is 2.24. The summed E-state index contributed by atoms with van der Waals surface area (Å²) >= 11 is 0. The van der Waals surface area contributed by atoms with Crippen molar-refractivity contribution < 1.29 is 9.72 Å². The number of amides is 1. The van der Waals surface area contributed by atoms with E-state index in [0.717, 1.165) is 17.6 Å². The summed E-state index contributed by atoms with van der Waals surface area (Å²) in [5.74, 6) is -0.250. The molecule has 1 amide bonds. The third-order valence-corrected chi connectivity index (χ3v) is 3.82. The molecule has 0 aliphatic carbocycles. The van der Waals surface area contributed by atoms with Gasteiger partial charge in [-0.3, -0.25) is 25.8 Å². The zero-order valence-corrected chi connectivity index (χ0v) is 15.1. The van der Waals surface area contributed by atoms with Crippen molar-refractivity contribution in [3.8, 4) is 0 Å². The molecule has 0 fully saturated rings. The van der Waals surface area contributed by atoms with Gasteiger partial charge < -0.3 is 5.32 Å². The number of aromatic nitrogens is 3. The first-order valence-corrected chi connectivity index (χ1v) is 8.28. The standard InChI is InChI=1S/C18H17N7O3/c1-11-6-3-4-8-13(11)18(26)24-23-17-15(25(27)28)16(19-10-20-17)22-14-9-5-7-12(2)21-14/h3-10H,1-2H3,(H,24,26)(H2,19,20,21,22,23). The fraction of sp³-hybridized carbons (Fsp3) is 0.111. The van der Waals surface area contributed by atoms with Gasteiger partial charge in [-0.15, -0.1) is 0 Å². The molecular formula is C18H17N7O3. The van der Waals surface area contributed by atoms with E-state index in [1.807, 2.05) is 6.07 Å². The third kappa shape index (κ3) is 4.18. The SMILES string of the molecule is Cc1cccc(Nc2ncnc(NNC(=O)c3ccccc3C)c2[N+](=O)[O-])n1. The second-order valence-electron chi connectivity index (χ2n) is 5.86. The lowest BCUT2D eigenvalue weighted by Gasteiger charge is -2.11. The number of hydrogen-bond acceptors (Lipinski definition) is 8. The van der Waals surface area contributed by atoms with Gasteiger partial charge in [0.1, 0.15) is 12.1 Å². The lowest BCUT2D eigenvalue weighted by atomic mass is 10.1. The first kappa shape index (κ1) is 18.7. The van der Waals surface area contributed by atoms with Crippen molar-refractivity contribution in [3.63, 3.8) is 0 Å². The van der Waals surface area contributed by atoms with Gasteiger partial charge in [0, 0.05) is 11.3 Å². The number of nitrogens with zero attached hydrogens (tertiary/aromatic N) is 4. The van der Waals surface area contributed by atoms with Crippen molar-refractivity contribution in [2.45, 2.75) is 13.8 Å². The zero-order valence-electron chi connectivity index (χ0n) is 15.1. The molecule has 2 aromatic heterocycles. The van der Waals surface area contributed by atoms with Gasteiger partial charge in [0.05, 0.1) is 4.92 Å². The van der Waals surface area contributed by atoms with Crippen LogP contribution in [0, 0.1) is 24.0 Å². The van der Waals surface area contributed by atoms with Crippen LogP contribution in [0.25, 0.3) is 0 Å². The highest BCUT2D eigenvalue weighted by atomic mass is 16.6. The third-order valence-electron chi connectivity index (χ3n) is 3.82. The second kappa shape index (κ2) is 8.08. The molecule has 0 radical (unpaired) electrons. The van der Waals surface area contributed by atoms with Crippen LogP contribution in [0.5, 0.6) is 0 Å². The number of aryl methyl sites for hydroxylation is 2. The Kier molecular flexibility index (Phi) is 5.40. The Hall–Kier alpha value is -4.08. The van der Waals surface area contributed by atoms with Crippen LogP contribution < -0.4 is 16.2 Å². The van der Waals surface area contributed by atoms with E-state index < -0.39 is 16.5 Å². The smallest absolute Gasteiger partial charge is 0.319 e. The zero-order chi connectivity index (χ0) is 20.1. The summed E-state index contributed by atoms with van der Waals surface area (Å²) in [6, 6.07) is 12.2. The van der Waals surface area contributed by atoms with Crippen LogP contribution in [-0.2, 0) is 0 Å². The van der Waals surface area contributed by atoms with Gasteiger partial charge in [-0.1, -0.05) is 24.3 Å². The first-order chi connectivity index (χ1) is 13.5. The molecule has 0 bridgehead atoms. The molecule has 10 heteroatoms. The first-order valence-electron chi connectivity index (χ1n) is 8.28. The monoisotopic (exact) mass is 379 g/mol. The van der Waals surface area contributed by atoms with E-state index in [1.165, 1.54) is 0 Å². The number of hydrogen-bond donors (Lipinski definition) is 3. The van der Waals surface area contributed by atoms with E-state index in [1.54, 1.807) is 50.2 Å². The van der Waals surface area contributed by atoms with Crippen LogP contribution in [-0.4, -0.2) is 25.8 Å². The maximum absolute atomic E-state index is 12.3. The Morgan fingerprint density at radius 2 is 1.79 bits per heavy atom. The highest BCUT2D eigenvalue weighted by molar-refractivity contribution is 5.96. The molecule has 0 unspecified atom stereocenters. The summed E-state index contributed by atoms with van der Waals surface area (Å²) in [4.78, 5) is 35.3. The number of carbonyl (C=O) groups is 1. The minimum atomic E-state index is -0.639. The maximum Gasteiger partial charge on any atom is 0.355 e. The van der Waals surface area contributed by atoms with E-state index in [-0.39, 0.29) is 11.6 Å². The molecule has 3 N–H and O–H groups in total. The van der Waals surface area contributed by atoms with Crippen LogP contribution >= 0.6 is 0 Å². The molecule has 0 saturated heterocycles. The predicted octanol–water partition coefficient (Wildman–Crippen LogP) is 2.90. The Balaban J connectivity index is 1.84. The van der Waals surface area contributed by atoms with Gasteiger partial charge in [-0.2, -0.15) is 0 Å². The Labute approximate surface area is 160 Å². The normalized spacial score (nSPS) is 10.2. The van der Waals surface area contributed by atoms with Crippen molar-refractivity contribution in [2.24, 2.45) is 0 Å². The number of nitro groups is 1. The van der Waals surface area contributed by atoms with E-state index in [9.17, 15) is 14.9 Å². The van der Waals surface area contributed by atoms with Crippen LogP contribution in [0.4, 0.5) is 23.1 Å². The van der Waals surface area contributed by atoms with Crippen LogP contribution in [0.15, 0.2) is 48.8 Å². The average molecular weight is 379 g/mol. The van der Waals surface area contributed by atoms with E-state index in [0.29, 0.717) is 11.4 Å². The van der Waals surface area contributed by atoms with E-state index >= 15 is 0 Å². The predicted molar refractivity (Wildman–Crippen MR) is 103 cm³/mol. The number of nitrogens with one attached hydrogen (secondary N) is 3. The molecular weight excluding hydrogens is 362 g/mol. The molecule has 28 heavy (non-hydrogen) atoms. The summed E-state index contributed by atoms with van der Waals surface area (Å²) in [6.07, 6.45) is 1.15. The Morgan fingerprint density at radius 1 is 1.04 bits per heavy atom. The summed E-state index contributed by atoms with van der Waals surface area (Å²) in [6.45, 7) is 3.59. The maximum atomic E-state index is 12.3. The molecule has 10 nitrogen and oxygen atoms in total. The lowest BCUT2D eigenvalue weighted by molar-refractivity contribution is -0.383. The molecule has 3 rings (SSSR count). The van der Waals surface area contributed by atoms with Crippen molar-refractivity contribution >= 4 is 29.0 Å². The molecule has 2 heterocycles. The van der Waals surface area contributed by atoms with Crippen molar-refractivity contribution in [1.82, 2.24) is 20.4 Å². The van der Waals surface area contributed by atoms with Gasteiger partial charge in [-0.25, -0.2) is 15.0 Å². The minimum absolute atomic E-state index is 0.0502. The molecule has 0 aliphatic rings. The van der Waals surface area contributed by atoms with Crippen molar-refractivity contribution in [3.05, 3.63) is 75.7 Å². The summed E-state index contributed by atoms with van der Waals surface area (Å²) in [5.41, 5.74) is 6.46. The number of benzene rings is 1. The van der Waals surface area contributed by atoms with Gasteiger partial charge in [-0.05, 0) is 37.6 Å². The van der Waals surface area contributed by atoms with E-state index in [4.69, 9.17) is 0 Å². The fourth-order valence-corrected chi connectivity index (χ4v) is 2.48. The van der Waals surface area contributed by atoms with Crippen LogP contribution in [0.1, 0.15) is 21.6 Å². The number of carbonyl (C=O) groups excluding carboxylic acids is 1. The highest BCUT2D eigenvalue weighted by Crippen LogP contribution is 2.30. The van der Waals surface area contributed by atoms with Crippen LogP contribution in [0.2, 0.25) is 0 Å². The molecule has 3 aromatic rings. The molecule has 0 saturated carbocycles. The van der Waals surface area contributed by atoms with Gasteiger partial charge >= 0.3 is 5.69 Å². The van der Waals surface area contributed by atoms with Crippen LogP contribution in [0.3, 0.4) is 0 Å². The Bertz CT molecular complexity index is 1040. The number of anilines is 3. The summed E-state index contributed by atoms with van der Waals surface area (Å²) in [5, 5.41) is 14.4. The van der Waals surface area contributed by atoms with Gasteiger partial charge in [0.25, 0.3) is 5.91 Å². The van der Waals surface area contributed by atoms with Crippen molar-refractivity contribution in [2.75, 3.05) is 10.7 Å². The van der Waals surface area contributed by atoms with Gasteiger partial charge in [0.2, 0.25) is 11.6 Å². The molecule has 0 aliphatic heterocycles. The molecule has 142 valence electrons. The minimum Gasteiger partial charge on any atom is -0.319 e. The summed E-state index contributed by atoms with van der Waals surface area (Å²) in [7, 11) is 0. The lowest BCUT2D eigenvalue weighted by Crippen LogP contribution is -2.30. The summed E-state index contributed by atoms with van der Waals surface area (Å²) < 4.78 is 0. The largest absolute Gasteiger partial charge is 0.355 e. The average Bonchev–Trinajstić information content (AvgIpc) is 2.66. The fourth-order valence-electron chi connectivity index (χ4n) is 2.48. The molecule has 0 atom stereocenters. The Morgan fingerprint density at radius 3 is 2.50 bits per heavy atom. The number of rotatable bonds is 6. The molecule has 0 spiro atoms. The van der Waals surface area contributed by atoms with E-state index in [2.05, 4.69) is 31.1 Å². The van der Waals surface area contributed by atoms with Gasteiger partial charge in [0.15, 0.2) is 0 Å². The second-order valence-corrected chi connectivity index (χ2v) is 5.86. The number of pyridine rings is 1.